The van der Waals surface area contributed by atoms with E-state index >= 15 is 0 Å². The van der Waals surface area contributed by atoms with E-state index in [9.17, 15) is 4.79 Å². The van der Waals surface area contributed by atoms with E-state index in [0.29, 0.717) is 11.4 Å². The fraction of sp³-hybridized carbons (Fsp3) is 0.0526. The number of hydrogen-bond donors (Lipinski definition) is 1. The molecule has 0 radical (unpaired) electrons. The van der Waals surface area contributed by atoms with Crippen molar-refractivity contribution >= 4 is 11.6 Å². The van der Waals surface area contributed by atoms with Crippen molar-refractivity contribution in [3.8, 4) is 17.1 Å². The van der Waals surface area contributed by atoms with Gasteiger partial charge in [0.25, 0.3) is 5.91 Å². The van der Waals surface area contributed by atoms with Crippen molar-refractivity contribution in [1.29, 1.82) is 0 Å². The third kappa shape index (κ3) is 3.40. The average Bonchev–Trinajstić information content (AvgIpc) is 3.41. The Bertz CT molecular complexity index is 1050. The van der Waals surface area contributed by atoms with Gasteiger partial charge in [0.15, 0.2) is 5.69 Å². The third-order valence-electron chi connectivity index (χ3n) is 3.98. The van der Waals surface area contributed by atoms with E-state index in [-0.39, 0.29) is 5.91 Å². The monoisotopic (exact) mass is 360 g/mol. The molecular weight excluding hydrogens is 344 g/mol. The van der Waals surface area contributed by atoms with Gasteiger partial charge in [-0.15, -0.1) is 0 Å². The highest BCUT2D eigenvalue weighted by Gasteiger charge is 2.13. The molecule has 0 aliphatic carbocycles. The molecule has 0 spiro atoms. The molecule has 0 atom stereocenters. The Hall–Kier alpha value is -3.94. The number of para-hydroxylation sites is 2. The molecule has 0 aliphatic heterocycles. The number of nitrogens with zero attached hydrogens (tertiary/aromatic N) is 5. The Morgan fingerprint density at radius 1 is 1.04 bits per heavy atom. The van der Waals surface area contributed by atoms with Gasteiger partial charge < -0.3 is 10.1 Å². The van der Waals surface area contributed by atoms with E-state index in [0.717, 1.165) is 17.1 Å². The minimum atomic E-state index is -0.310. The van der Waals surface area contributed by atoms with Crippen LogP contribution in [0.2, 0.25) is 0 Å². The first-order valence-corrected chi connectivity index (χ1v) is 8.20. The summed E-state index contributed by atoms with van der Waals surface area (Å²) in [7, 11) is 1.61. The zero-order valence-corrected chi connectivity index (χ0v) is 14.5. The predicted molar refractivity (Wildman–Crippen MR) is 99.4 cm³/mol. The van der Waals surface area contributed by atoms with Crippen molar-refractivity contribution in [1.82, 2.24) is 24.5 Å². The summed E-state index contributed by atoms with van der Waals surface area (Å²) in [6.45, 7) is 0. The normalized spacial score (nSPS) is 10.6. The van der Waals surface area contributed by atoms with Gasteiger partial charge in [0.1, 0.15) is 18.4 Å². The largest absolute Gasteiger partial charge is 0.497 e. The quantitative estimate of drug-likeness (QED) is 0.591. The number of carbonyl (C=O) groups is 1. The van der Waals surface area contributed by atoms with Crippen molar-refractivity contribution < 1.29 is 9.53 Å². The molecule has 2 aromatic carbocycles. The predicted octanol–water partition coefficient (Wildman–Crippen LogP) is 2.71. The van der Waals surface area contributed by atoms with E-state index in [1.54, 1.807) is 41.1 Å². The van der Waals surface area contributed by atoms with Crippen LogP contribution < -0.4 is 10.1 Å². The zero-order chi connectivity index (χ0) is 18.6. The van der Waals surface area contributed by atoms with Gasteiger partial charge in [-0.1, -0.05) is 12.1 Å². The summed E-state index contributed by atoms with van der Waals surface area (Å²) >= 11 is 0. The molecule has 0 unspecified atom stereocenters. The smallest absolute Gasteiger partial charge is 0.276 e. The second kappa shape index (κ2) is 7.12. The number of anilines is 1. The van der Waals surface area contributed by atoms with Crippen LogP contribution in [0.5, 0.6) is 5.75 Å². The minimum Gasteiger partial charge on any atom is -0.497 e. The van der Waals surface area contributed by atoms with Crippen LogP contribution in [0, 0.1) is 0 Å². The molecule has 8 heteroatoms. The van der Waals surface area contributed by atoms with Crippen LogP contribution in [0.15, 0.2) is 73.4 Å². The second-order valence-electron chi connectivity index (χ2n) is 5.65. The second-order valence-corrected chi connectivity index (χ2v) is 5.65. The summed E-state index contributed by atoms with van der Waals surface area (Å²) in [6, 6.07) is 16.4. The fourth-order valence-corrected chi connectivity index (χ4v) is 2.62. The lowest BCUT2D eigenvalue weighted by molar-refractivity contribution is 0.102. The Morgan fingerprint density at radius 2 is 1.85 bits per heavy atom. The number of nitrogens with one attached hydrogen (secondary N) is 1. The van der Waals surface area contributed by atoms with Crippen LogP contribution in [0.1, 0.15) is 10.5 Å². The zero-order valence-electron chi connectivity index (χ0n) is 14.5. The fourth-order valence-electron chi connectivity index (χ4n) is 2.62. The Kier molecular flexibility index (Phi) is 4.36. The van der Waals surface area contributed by atoms with E-state index < -0.39 is 0 Å². The summed E-state index contributed by atoms with van der Waals surface area (Å²) < 4.78 is 8.38. The molecule has 4 rings (SSSR count). The van der Waals surface area contributed by atoms with Crippen molar-refractivity contribution in [3.05, 3.63) is 79.1 Å². The highest BCUT2D eigenvalue weighted by molar-refractivity contribution is 6.03. The van der Waals surface area contributed by atoms with Crippen LogP contribution in [-0.4, -0.2) is 37.6 Å². The number of aromatic nitrogens is 5. The van der Waals surface area contributed by atoms with E-state index in [1.807, 2.05) is 42.5 Å². The van der Waals surface area contributed by atoms with E-state index in [1.165, 1.54) is 6.33 Å². The van der Waals surface area contributed by atoms with Crippen LogP contribution in [-0.2, 0) is 0 Å². The summed E-state index contributed by atoms with van der Waals surface area (Å²) in [5.74, 6) is 0.448. The number of rotatable bonds is 5. The molecule has 8 nitrogen and oxygen atoms in total. The molecular formula is C19H16N6O2. The Balaban J connectivity index is 1.55. The molecule has 27 heavy (non-hydrogen) atoms. The Morgan fingerprint density at radius 3 is 2.59 bits per heavy atom. The van der Waals surface area contributed by atoms with Gasteiger partial charge in [0.2, 0.25) is 0 Å². The number of benzene rings is 2. The lowest BCUT2D eigenvalue weighted by atomic mass is 10.2. The SMILES string of the molecule is COc1ccc(-n2ccc(C(=O)Nc3ccccc3-n3cncn3)n2)cc1. The first-order chi connectivity index (χ1) is 13.2. The van der Waals surface area contributed by atoms with E-state index in [2.05, 4.69) is 20.5 Å². The first kappa shape index (κ1) is 16.5. The van der Waals surface area contributed by atoms with Crippen molar-refractivity contribution in [2.45, 2.75) is 0 Å². The van der Waals surface area contributed by atoms with Crippen LogP contribution in [0.25, 0.3) is 11.4 Å². The van der Waals surface area contributed by atoms with Crippen molar-refractivity contribution in [3.63, 3.8) is 0 Å². The molecule has 2 heterocycles. The standard InChI is InChI=1S/C19H16N6O2/c1-27-15-8-6-14(7-9-15)24-11-10-17(23-24)19(26)22-16-4-2-3-5-18(16)25-13-20-12-21-25/h2-13H,1H3,(H,22,26). The van der Waals surface area contributed by atoms with Gasteiger partial charge in [-0.05, 0) is 42.5 Å². The van der Waals surface area contributed by atoms with Crippen molar-refractivity contribution in [2.24, 2.45) is 0 Å². The summed E-state index contributed by atoms with van der Waals surface area (Å²) in [6.07, 6.45) is 4.75. The molecule has 0 saturated heterocycles. The van der Waals surface area contributed by atoms with Gasteiger partial charge in [0, 0.05) is 6.20 Å². The lowest BCUT2D eigenvalue weighted by Gasteiger charge is -2.09. The highest BCUT2D eigenvalue weighted by Crippen LogP contribution is 2.20. The molecule has 0 fully saturated rings. The molecule has 0 bridgehead atoms. The Labute approximate surface area is 155 Å². The van der Waals surface area contributed by atoms with Crippen LogP contribution >= 0.6 is 0 Å². The highest BCUT2D eigenvalue weighted by atomic mass is 16.5. The third-order valence-corrected chi connectivity index (χ3v) is 3.98. The average molecular weight is 360 g/mol. The van der Waals surface area contributed by atoms with Gasteiger partial charge in [-0.2, -0.15) is 10.2 Å². The lowest BCUT2D eigenvalue weighted by Crippen LogP contribution is -2.15. The maximum Gasteiger partial charge on any atom is 0.276 e. The maximum absolute atomic E-state index is 12.6. The topological polar surface area (TPSA) is 86.9 Å². The van der Waals surface area contributed by atoms with E-state index in [4.69, 9.17) is 4.74 Å². The number of hydrogen-bond acceptors (Lipinski definition) is 5. The molecule has 134 valence electrons. The first-order valence-electron chi connectivity index (χ1n) is 8.20. The molecule has 4 aromatic rings. The molecule has 1 amide bonds. The summed E-state index contributed by atoms with van der Waals surface area (Å²) in [5.41, 5.74) is 2.47. The molecule has 0 aliphatic rings. The van der Waals surface area contributed by atoms with Crippen LogP contribution in [0.4, 0.5) is 5.69 Å². The maximum atomic E-state index is 12.6. The summed E-state index contributed by atoms with van der Waals surface area (Å²) in [4.78, 5) is 16.6. The van der Waals surface area contributed by atoms with Gasteiger partial charge in [0.05, 0.1) is 24.2 Å². The number of carbonyl (C=O) groups excluding carboxylic acids is 1. The number of ether oxygens (including phenoxy) is 1. The van der Waals surface area contributed by atoms with Gasteiger partial charge >= 0.3 is 0 Å². The van der Waals surface area contributed by atoms with Crippen LogP contribution in [0.3, 0.4) is 0 Å². The van der Waals surface area contributed by atoms with Crippen molar-refractivity contribution in [2.75, 3.05) is 12.4 Å². The molecule has 2 aromatic heterocycles. The van der Waals surface area contributed by atoms with Gasteiger partial charge in [-0.25, -0.2) is 14.3 Å². The number of methoxy groups -OCH3 is 1. The van der Waals surface area contributed by atoms with Gasteiger partial charge in [-0.3, -0.25) is 4.79 Å². The molecule has 0 saturated carbocycles. The summed E-state index contributed by atoms with van der Waals surface area (Å²) in [5, 5.41) is 11.3. The number of amides is 1. The molecule has 1 N–H and O–H groups in total. The minimum absolute atomic E-state index is 0.305.